The number of nitrogens with two attached hydrogens (primary N) is 1. The number of hydrogen-bond donors (Lipinski definition) is 2. The molecule has 0 saturated heterocycles. The van der Waals surface area contributed by atoms with Crippen molar-refractivity contribution in [2.75, 3.05) is 23.3 Å². The number of nitrogens with one attached hydrogen (secondary N) is 1. The van der Waals surface area contributed by atoms with E-state index in [4.69, 9.17) is 18.0 Å². The smallest absolute Gasteiger partial charge is 0.163 e. The van der Waals surface area contributed by atoms with Gasteiger partial charge in [-0.2, -0.15) is 5.10 Å². The zero-order chi connectivity index (χ0) is 15.2. The largest absolute Gasteiger partial charge is 0.389 e. The minimum atomic E-state index is 0.298. The molecule has 21 heavy (non-hydrogen) atoms. The van der Waals surface area contributed by atoms with Crippen LogP contribution in [0.1, 0.15) is 19.4 Å². The lowest BCUT2D eigenvalue weighted by Gasteiger charge is -2.21. The van der Waals surface area contributed by atoms with E-state index in [9.17, 15) is 0 Å². The van der Waals surface area contributed by atoms with Gasteiger partial charge in [0.25, 0.3) is 0 Å². The monoisotopic (exact) mass is 301 g/mol. The van der Waals surface area contributed by atoms with Gasteiger partial charge in [-0.3, -0.25) is 0 Å². The molecular formula is C15H19N5S. The fraction of sp³-hybridized carbons (Fsp3) is 0.267. The summed E-state index contributed by atoms with van der Waals surface area (Å²) in [6, 6.07) is 9.91. The molecule has 2 aromatic rings. The molecule has 2 rings (SSSR count). The van der Waals surface area contributed by atoms with Gasteiger partial charge in [-0.25, -0.2) is 0 Å². The molecule has 0 atom stereocenters. The molecule has 0 amide bonds. The van der Waals surface area contributed by atoms with Gasteiger partial charge in [-0.15, -0.1) is 5.10 Å². The SMILES string of the molecule is CCN(CC)c1ccc(Nc2nnccc2C(N)=S)cc1. The van der Waals surface area contributed by atoms with Gasteiger partial charge in [0, 0.05) is 24.5 Å². The van der Waals surface area contributed by atoms with Crippen molar-refractivity contribution >= 4 is 34.4 Å². The van der Waals surface area contributed by atoms with Crippen LogP contribution in [0.25, 0.3) is 0 Å². The third-order valence-corrected chi connectivity index (χ3v) is 3.46. The topological polar surface area (TPSA) is 67.1 Å². The molecule has 0 spiro atoms. The van der Waals surface area contributed by atoms with Crippen LogP contribution >= 0.6 is 12.2 Å². The third kappa shape index (κ3) is 3.66. The predicted molar refractivity (Wildman–Crippen MR) is 91.2 cm³/mol. The van der Waals surface area contributed by atoms with E-state index in [0.29, 0.717) is 16.4 Å². The molecule has 3 N–H and O–H groups in total. The first-order valence-corrected chi connectivity index (χ1v) is 7.30. The van der Waals surface area contributed by atoms with E-state index < -0.39 is 0 Å². The number of nitrogens with zero attached hydrogens (tertiary/aromatic N) is 3. The Morgan fingerprint density at radius 3 is 2.43 bits per heavy atom. The number of thiocarbonyl (C=S) groups is 1. The molecule has 6 heteroatoms. The lowest BCUT2D eigenvalue weighted by Crippen LogP contribution is -2.21. The fourth-order valence-electron chi connectivity index (χ4n) is 2.10. The highest BCUT2D eigenvalue weighted by atomic mass is 32.1. The normalized spacial score (nSPS) is 10.2. The summed E-state index contributed by atoms with van der Waals surface area (Å²) in [4.78, 5) is 2.58. The lowest BCUT2D eigenvalue weighted by molar-refractivity contribution is 0.866. The molecule has 1 aromatic heterocycles. The number of hydrogen-bond acceptors (Lipinski definition) is 5. The highest BCUT2D eigenvalue weighted by Crippen LogP contribution is 2.21. The summed E-state index contributed by atoms with van der Waals surface area (Å²) in [6.07, 6.45) is 1.57. The summed E-state index contributed by atoms with van der Waals surface area (Å²) < 4.78 is 0. The van der Waals surface area contributed by atoms with E-state index in [1.807, 2.05) is 12.1 Å². The van der Waals surface area contributed by atoms with Crippen LogP contribution < -0.4 is 16.0 Å². The summed E-state index contributed by atoms with van der Waals surface area (Å²) in [6.45, 7) is 6.26. The van der Waals surface area contributed by atoms with Crippen molar-refractivity contribution < 1.29 is 0 Å². The Hall–Kier alpha value is -2.21. The Morgan fingerprint density at radius 1 is 1.19 bits per heavy atom. The van der Waals surface area contributed by atoms with Crippen molar-refractivity contribution in [2.24, 2.45) is 5.73 Å². The van der Waals surface area contributed by atoms with E-state index in [1.54, 1.807) is 12.3 Å². The van der Waals surface area contributed by atoms with Gasteiger partial charge >= 0.3 is 0 Å². The zero-order valence-electron chi connectivity index (χ0n) is 12.2. The van der Waals surface area contributed by atoms with Gasteiger partial charge in [0.1, 0.15) is 4.99 Å². The van der Waals surface area contributed by atoms with Gasteiger partial charge in [0.05, 0.1) is 11.8 Å². The molecule has 110 valence electrons. The molecule has 0 radical (unpaired) electrons. The highest BCUT2D eigenvalue weighted by molar-refractivity contribution is 7.80. The average molecular weight is 301 g/mol. The molecule has 0 aliphatic rings. The lowest BCUT2D eigenvalue weighted by atomic mass is 10.2. The van der Waals surface area contributed by atoms with Crippen molar-refractivity contribution in [3.8, 4) is 0 Å². The van der Waals surface area contributed by atoms with E-state index in [-0.39, 0.29) is 0 Å². The molecular weight excluding hydrogens is 282 g/mol. The second kappa shape index (κ2) is 6.99. The minimum absolute atomic E-state index is 0.298. The summed E-state index contributed by atoms with van der Waals surface area (Å²) in [7, 11) is 0. The number of benzene rings is 1. The van der Waals surface area contributed by atoms with Crippen LogP contribution in [0, 0.1) is 0 Å². The highest BCUT2D eigenvalue weighted by Gasteiger charge is 2.07. The van der Waals surface area contributed by atoms with Crippen LogP contribution in [-0.2, 0) is 0 Å². The number of aromatic nitrogens is 2. The second-order valence-electron chi connectivity index (χ2n) is 4.50. The van der Waals surface area contributed by atoms with Crippen LogP contribution in [0.2, 0.25) is 0 Å². The Morgan fingerprint density at radius 2 is 1.86 bits per heavy atom. The minimum Gasteiger partial charge on any atom is -0.389 e. The van der Waals surface area contributed by atoms with E-state index >= 15 is 0 Å². The predicted octanol–water partition coefficient (Wildman–Crippen LogP) is 2.70. The molecule has 1 heterocycles. The first-order chi connectivity index (χ1) is 10.2. The summed E-state index contributed by atoms with van der Waals surface area (Å²) in [5.41, 5.74) is 8.49. The van der Waals surface area contributed by atoms with Gasteiger partial charge in [-0.1, -0.05) is 12.2 Å². The summed E-state index contributed by atoms with van der Waals surface area (Å²) in [5.74, 6) is 0.570. The van der Waals surface area contributed by atoms with Crippen LogP contribution in [-0.4, -0.2) is 28.3 Å². The van der Waals surface area contributed by atoms with Gasteiger partial charge < -0.3 is 16.0 Å². The maximum atomic E-state index is 5.69. The summed E-state index contributed by atoms with van der Waals surface area (Å²) in [5, 5.41) is 11.1. The maximum absolute atomic E-state index is 5.69. The van der Waals surface area contributed by atoms with E-state index in [1.165, 1.54) is 5.69 Å². The molecule has 0 saturated carbocycles. The molecule has 5 nitrogen and oxygen atoms in total. The second-order valence-corrected chi connectivity index (χ2v) is 4.94. The van der Waals surface area contributed by atoms with Crippen molar-refractivity contribution in [3.05, 3.63) is 42.1 Å². The van der Waals surface area contributed by atoms with Crippen LogP contribution in [0.3, 0.4) is 0 Å². The Bertz CT molecular complexity index is 608. The van der Waals surface area contributed by atoms with E-state index in [2.05, 4.69) is 46.4 Å². The van der Waals surface area contributed by atoms with Gasteiger partial charge in [0.2, 0.25) is 0 Å². The van der Waals surface area contributed by atoms with E-state index in [0.717, 1.165) is 18.8 Å². The molecule has 0 fully saturated rings. The Kier molecular flexibility index (Phi) is 5.05. The molecule has 0 bridgehead atoms. The van der Waals surface area contributed by atoms with Crippen molar-refractivity contribution in [1.29, 1.82) is 0 Å². The number of anilines is 3. The summed E-state index contributed by atoms with van der Waals surface area (Å²) >= 11 is 5.02. The molecule has 0 aliphatic carbocycles. The van der Waals surface area contributed by atoms with Gasteiger partial charge in [-0.05, 0) is 44.2 Å². The zero-order valence-corrected chi connectivity index (χ0v) is 13.0. The maximum Gasteiger partial charge on any atom is 0.163 e. The van der Waals surface area contributed by atoms with Crippen molar-refractivity contribution in [3.63, 3.8) is 0 Å². The van der Waals surface area contributed by atoms with Crippen LogP contribution in [0.15, 0.2) is 36.5 Å². The molecule has 0 unspecified atom stereocenters. The van der Waals surface area contributed by atoms with Crippen molar-refractivity contribution in [1.82, 2.24) is 10.2 Å². The van der Waals surface area contributed by atoms with Crippen LogP contribution in [0.5, 0.6) is 0 Å². The quantitative estimate of drug-likeness (QED) is 0.800. The van der Waals surface area contributed by atoms with Gasteiger partial charge in [0.15, 0.2) is 5.82 Å². The standard InChI is InChI=1S/C15H19N5S/c1-3-20(4-2)12-7-5-11(6-8-12)18-15-13(14(16)21)9-10-17-19-15/h5-10H,3-4H2,1-2H3,(H2,16,21)(H,18,19). The first kappa shape index (κ1) is 15.2. The first-order valence-electron chi connectivity index (χ1n) is 6.89. The third-order valence-electron chi connectivity index (χ3n) is 3.24. The van der Waals surface area contributed by atoms with Crippen molar-refractivity contribution in [2.45, 2.75) is 13.8 Å². The average Bonchev–Trinajstić information content (AvgIpc) is 2.50. The Balaban J connectivity index is 2.19. The number of rotatable bonds is 6. The fourth-order valence-corrected chi connectivity index (χ4v) is 2.27. The Labute approximate surface area is 130 Å². The van der Waals surface area contributed by atoms with Crippen LogP contribution in [0.4, 0.5) is 17.2 Å². The molecule has 1 aromatic carbocycles. The molecule has 0 aliphatic heterocycles.